The molecular formula is C27H28N4O5S. The van der Waals surface area contributed by atoms with Crippen molar-refractivity contribution >= 4 is 50.2 Å². The van der Waals surface area contributed by atoms with Gasteiger partial charge in [0, 0.05) is 24.3 Å². The maximum absolute atomic E-state index is 13.1. The highest BCUT2D eigenvalue weighted by Crippen LogP contribution is 2.38. The summed E-state index contributed by atoms with van der Waals surface area (Å²) in [5.41, 5.74) is 3.96. The Bertz CT molecular complexity index is 1470. The summed E-state index contributed by atoms with van der Waals surface area (Å²) in [5, 5.41) is 15.4. The lowest BCUT2D eigenvalue weighted by atomic mass is 9.99. The Morgan fingerprint density at radius 3 is 2.22 bits per heavy atom. The molecule has 1 aliphatic rings. The molecule has 1 amide bonds. The normalized spacial score (nSPS) is 14.2. The van der Waals surface area contributed by atoms with Crippen molar-refractivity contribution in [3.8, 4) is 0 Å². The zero-order chi connectivity index (χ0) is 26.7. The predicted octanol–water partition coefficient (Wildman–Crippen LogP) is 3.64. The number of carboxylic acid groups (broad SMARTS) is 1. The summed E-state index contributed by atoms with van der Waals surface area (Å²) in [6.45, 7) is 0.878. The quantitative estimate of drug-likeness (QED) is 0.369. The monoisotopic (exact) mass is 520 g/mol. The molecule has 0 spiro atoms. The van der Waals surface area contributed by atoms with Gasteiger partial charge in [0.1, 0.15) is 0 Å². The highest BCUT2D eigenvalue weighted by molar-refractivity contribution is 7.92. The molecule has 37 heavy (non-hydrogen) atoms. The second kappa shape index (κ2) is 10.5. The van der Waals surface area contributed by atoms with E-state index in [1.54, 1.807) is 30.3 Å². The van der Waals surface area contributed by atoms with Gasteiger partial charge < -0.3 is 20.6 Å². The van der Waals surface area contributed by atoms with Gasteiger partial charge in [-0.3, -0.25) is 9.10 Å². The van der Waals surface area contributed by atoms with Gasteiger partial charge >= 0.3 is 5.97 Å². The fourth-order valence-electron chi connectivity index (χ4n) is 4.07. The van der Waals surface area contributed by atoms with Crippen LogP contribution >= 0.6 is 0 Å². The summed E-state index contributed by atoms with van der Waals surface area (Å²) in [4.78, 5) is 26.4. The molecule has 10 heteroatoms. The molecule has 0 fully saturated rings. The van der Waals surface area contributed by atoms with Crippen molar-refractivity contribution in [2.45, 2.75) is 0 Å². The summed E-state index contributed by atoms with van der Waals surface area (Å²) < 4.78 is 26.1. The number of benzene rings is 3. The van der Waals surface area contributed by atoms with E-state index in [9.17, 15) is 23.1 Å². The van der Waals surface area contributed by atoms with Gasteiger partial charge in [0.05, 0.1) is 34.5 Å². The van der Waals surface area contributed by atoms with Crippen LogP contribution in [0.1, 0.15) is 21.5 Å². The second-order valence-electron chi connectivity index (χ2n) is 8.95. The van der Waals surface area contributed by atoms with Crippen molar-refractivity contribution in [1.82, 2.24) is 4.90 Å². The van der Waals surface area contributed by atoms with Crippen molar-refractivity contribution in [2.75, 3.05) is 48.4 Å². The third-order valence-corrected chi connectivity index (χ3v) is 7.09. The first-order valence-corrected chi connectivity index (χ1v) is 13.4. The Labute approximate surface area is 216 Å². The Morgan fingerprint density at radius 2 is 1.62 bits per heavy atom. The maximum Gasteiger partial charge on any atom is 0.335 e. The van der Waals surface area contributed by atoms with E-state index in [2.05, 4.69) is 10.6 Å². The first-order chi connectivity index (χ1) is 17.5. The number of nitrogens with one attached hydrogen (secondary N) is 2. The van der Waals surface area contributed by atoms with E-state index in [1.165, 1.54) is 22.7 Å². The molecular weight excluding hydrogens is 492 g/mol. The fourth-order valence-corrected chi connectivity index (χ4v) is 4.99. The van der Waals surface area contributed by atoms with Crippen LogP contribution in [0.25, 0.3) is 11.3 Å². The number of anilines is 3. The molecule has 0 aromatic heterocycles. The zero-order valence-corrected chi connectivity index (χ0v) is 21.5. The molecule has 192 valence electrons. The number of nitrogens with zero attached hydrogens (tertiary/aromatic N) is 2. The molecule has 1 heterocycles. The minimum absolute atomic E-state index is 0.0785. The number of amides is 1. The third-order valence-electron chi connectivity index (χ3n) is 5.90. The topological polar surface area (TPSA) is 119 Å². The molecule has 0 bridgehead atoms. The fraction of sp³-hybridized carbons (Fsp3) is 0.185. The average Bonchev–Trinajstić information content (AvgIpc) is 3.17. The highest BCUT2D eigenvalue weighted by Gasteiger charge is 2.29. The minimum Gasteiger partial charge on any atom is -0.478 e. The molecule has 3 N–H and O–H groups in total. The largest absolute Gasteiger partial charge is 0.478 e. The van der Waals surface area contributed by atoms with Crippen molar-refractivity contribution in [2.24, 2.45) is 0 Å². The summed E-state index contributed by atoms with van der Waals surface area (Å²) in [5.74, 6) is -1.43. The van der Waals surface area contributed by atoms with Crippen LogP contribution in [0.15, 0.2) is 72.8 Å². The number of likely N-dealkylation sites (N-methyl/N-ethyl adjacent to an activating group) is 1. The maximum atomic E-state index is 13.1. The van der Waals surface area contributed by atoms with Gasteiger partial charge in [0.15, 0.2) is 0 Å². The van der Waals surface area contributed by atoms with Crippen molar-refractivity contribution < 1.29 is 23.1 Å². The molecule has 3 aromatic carbocycles. The molecule has 0 saturated heterocycles. The van der Waals surface area contributed by atoms with Crippen LogP contribution in [0.3, 0.4) is 0 Å². The van der Waals surface area contributed by atoms with Crippen LogP contribution in [-0.4, -0.2) is 63.7 Å². The first-order valence-electron chi connectivity index (χ1n) is 11.5. The molecule has 3 aromatic rings. The SMILES string of the molecule is CN(C)CCN(c1ccc(N/C(=C2\C(=O)Nc3cc(C(=O)O)ccc32)c2ccccc2)cc1)S(C)(=O)=O. The number of carbonyl (C=O) groups is 2. The van der Waals surface area contributed by atoms with Gasteiger partial charge in [0.2, 0.25) is 10.0 Å². The standard InChI is InChI=1S/C27H28N4O5S/c1-30(2)15-16-31(37(3,35)36)21-12-10-20(11-13-21)28-25(18-7-5-4-6-8-18)24-22-14-9-19(27(33)34)17-23(22)29-26(24)32/h4-14,17,28H,15-16H2,1-3H3,(H,29,32)(H,33,34)/b25-24-. The molecule has 0 saturated carbocycles. The number of hydrogen-bond donors (Lipinski definition) is 3. The number of rotatable bonds is 9. The van der Waals surface area contributed by atoms with Gasteiger partial charge in [0.25, 0.3) is 5.91 Å². The molecule has 0 atom stereocenters. The van der Waals surface area contributed by atoms with Crippen LogP contribution in [0.2, 0.25) is 0 Å². The summed E-state index contributed by atoms with van der Waals surface area (Å²) in [6.07, 6.45) is 1.18. The highest BCUT2D eigenvalue weighted by atomic mass is 32.2. The Kier molecular flexibility index (Phi) is 7.33. The second-order valence-corrected chi connectivity index (χ2v) is 10.9. The van der Waals surface area contributed by atoms with E-state index in [0.717, 1.165) is 5.56 Å². The van der Waals surface area contributed by atoms with Crippen LogP contribution in [0.5, 0.6) is 0 Å². The first kappa shape index (κ1) is 25.9. The number of aromatic carboxylic acids is 1. The van der Waals surface area contributed by atoms with Crippen molar-refractivity contribution in [3.05, 3.63) is 89.5 Å². The Morgan fingerprint density at radius 1 is 0.946 bits per heavy atom. The van der Waals surface area contributed by atoms with E-state index in [0.29, 0.717) is 47.0 Å². The van der Waals surface area contributed by atoms with Gasteiger partial charge in [-0.15, -0.1) is 0 Å². The van der Waals surface area contributed by atoms with E-state index in [4.69, 9.17) is 0 Å². The van der Waals surface area contributed by atoms with Crippen LogP contribution < -0.4 is 14.9 Å². The predicted molar refractivity (Wildman–Crippen MR) is 146 cm³/mol. The number of hydrogen-bond acceptors (Lipinski definition) is 6. The average molecular weight is 521 g/mol. The Balaban J connectivity index is 1.74. The third kappa shape index (κ3) is 5.82. The van der Waals surface area contributed by atoms with Crippen LogP contribution in [0.4, 0.5) is 17.1 Å². The van der Waals surface area contributed by atoms with Crippen LogP contribution in [-0.2, 0) is 14.8 Å². The zero-order valence-electron chi connectivity index (χ0n) is 20.7. The smallest absolute Gasteiger partial charge is 0.335 e. The van der Waals surface area contributed by atoms with Gasteiger partial charge in [-0.05, 0) is 56.1 Å². The minimum atomic E-state index is -3.47. The van der Waals surface area contributed by atoms with E-state index in [-0.39, 0.29) is 11.5 Å². The van der Waals surface area contributed by atoms with E-state index in [1.807, 2.05) is 49.3 Å². The summed E-state index contributed by atoms with van der Waals surface area (Å²) in [6, 6.07) is 20.8. The molecule has 0 unspecified atom stereocenters. The number of carboxylic acids is 1. The van der Waals surface area contributed by atoms with E-state index >= 15 is 0 Å². The number of carbonyl (C=O) groups excluding carboxylic acids is 1. The summed E-state index contributed by atoms with van der Waals surface area (Å²) in [7, 11) is 0.288. The Hall–Kier alpha value is -4.15. The lowest BCUT2D eigenvalue weighted by Gasteiger charge is -2.24. The van der Waals surface area contributed by atoms with Gasteiger partial charge in [-0.1, -0.05) is 36.4 Å². The van der Waals surface area contributed by atoms with Crippen molar-refractivity contribution in [1.29, 1.82) is 0 Å². The lowest BCUT2D eigenvalue weighted by Crippen LogP contribution is -2.35. The number of fused-ring (bicyclic) bond motifs is 1. The van der Waals surface area contributed by atoms with E-state index < -0.39 is 16.0 Å². The molecule has 4 rings (SSSR count). The van der Waals surface area contributed by atoms with Gasteiger partial charge in [-0.25, -0.2) is 13.2 Å². The molecule has 0 radical (unpaired) electrons. The van der Waals surface area contributed by atoms with Crippen LogP contribution in [0, 0.1) is 0 Å². The van der Waals surface area contributed by atoms with Crippen molar-refractivity contribution in [3.63, 3.8) is 0 Å². The van der Waals surface area contributed by atoms with Gasteiger partial charge in [-0.2, -0.15) is 0 Å². The number of sulfonamides is 1. The summed E-state index contributed by atoms with van der Waals surface area (Å²) >= 11 is 0. The molecule has 1 aliphatic heterocycles. The molecule has 0 aliphatic carbocycles. The molecule has 9 nitrogen and oxygen atoms in total. The lowest BCUT2D eigenvalue weighted by molar-refractivity contribution is -0.110.